The molecule has 0 spiro atoms. The smallest absolute Gasteiger partial charge is 0.311 e. The minimum absolute atomic E-state index is 0.0832. The van der Waals surface area contributed by atoms with Gasteiger partial charge in [-0.2, -0.15) is 0 Å². The number of nitro groups is 1. The number of anilines is 3. The first-order valence-corrected chi connectivity index (χ1v) is 12.6. The summed E-state index contributed by atoms with van der Waals surface area (Å²) in [4.78, 5) is 24.5. The summed E-state index contributed by atoms with van der Waals surface area (Å²) in [5, 5.41) is 21.2. The zero-order chi connectivity index (χ0) is 24.0. The first-order chi connectivity index (χ1) is 17.2. The maximum Gasteiger partial charge on any atom is 0.311 e. The van der Waals surface area contributed by atoms with Crippen LogP contribution < -0.4 is 10.6 Å². The molecule has 1 aliphatic carbocycles. The van der Waals surface area contributed by atoms with Crippen LogP contribution in [0.25, 0.3) is 11.3 Å². The van der Waals surface area contributed by atoms with E-state index in [1.807, 2.05) is 36.4 Å². The van der Waals surface area contributed by atoms with Gasteiger partial charge in [0.15, 0.2) is 0 Å². The Morgan fingerprint density at radius 2 is 1.74 bits per heavy atom. The van der Waals surface area contributed by atoms with E-state index in [4.69, 9.17) is 4.98 Å². The first kappa shape index (κ1) is 22.9. The largest absolute Gasteiger partial charge is 0.366 e. The number of nitrogens with zero attached hydrogens (tertiary/aromatic N) is 4. The summed E-state index contributed by atoms with van der Waals surface area (Å²) < 4.78 is 0. The van der Waals surface area contributed by atoms with Crippen molar-refractivity contribution in [3.05, 3.63) is 87.0 Å². The normalized spacial score (nSPS) is 13.9. The lowest BCUT2D eigenvalue weighted by Gasteiger charge is -2.18. The highest BCUT2D eigenvalue weighted by Crippen LogP contribution is 2.36. The van der Waals surface area contributed by atoms with Crippen LogP contribution in [0, 0.1) is 10.1 Å². The van der Waals surface area contributed by atoms with E-state index in [-0.39, 0.29) is 11.5 Å². The lowest BCUT2D eigenvalue weighted by Crippen LogP contribution is -2.05. The third-order valence-electron chi connectivity index (χ3n) is 6.21. The van der Waals surface area contributed by atoms with Gasteiger partial charge in [-0.25, -0.2) is 9.97 Å². The van der Waals surface area contributed by atoms with Gasteiger partial charge in [0.1, 0.15) is 5.82 Å². The van der Waals surface area contributed by atoms with Crippen LogP contribution in [0.5, 0.6) is 0 Å². The maximum absolute atomic E-state index is 11.6. The molecule has 1 saturated carbocycles. The Morgan fingerprint density at radius 3 is 2.49 bits per heavy atom. The van der Waals surface area contributed by atoms with Gasteiger partial charge in [0.05, 0.1) is 15.6 Å². The predicted octanol–water partition coefficient (Wildman–Crippen LogP) is 6.91. The molecule has 3 heterocycles. The Balaban J connectivity index is 1.30. The average Bonchev–Trinajstić information content (AvgIpc) is 3.39. The van der Waals surface area contributed by atoms with Crippen LogP contribution in [0.3, 0.4) is 0 Å². The van der Waals surface area contributed by atoms with Gasteiger partial charge in [0.2, 0.25) is 5.82 Å². The van der Waals surface area contributed by atoms with Crippen molar-refractivity contribution in [1.82, 2.24) is 15.0 Å². The Bertz CT molecular complexity index is 1290. The topological polar surface area (TPSA) is 106 Å². The minimum Gasteiger partial charge on any atom is -0.366 e. The fourth-order valence-corrected chi connectivity index (χ4v) is 5.30. The van der Waals surface area contributed by atoms with Crippen LogP contribution in [-0.4, -0.2) is 19.9 Å². The molecule has 0 aliphatic heterocycles. The van der Waals surface area contributed by atoms with Gasteiger partial charge >= 0.3 is 5.69 Å². The third-order valence-corrected chi connectivity index (χ3v) is 7.22. The Labute approximate surface area is 207 Å². The molecule has 0 radical (unpaired) electrons. The van der Waals surface area contributed by atoms with E-state index in [1.165, 1.54) is 43.2 Å². The summed E-state index contributed by atoms with van der Waals surface area (Å²) in [7, 11) is 0. The number of pyridine rings is 2. The van der Waals surface area contributed by atoms with Crippen molar-refractivity contribution in [2.75, 3.05) is 10.6 Å². The number of hydrogen-bond acceptors (Lipinski definition) is 8. The van der Waals surface area contributed by atoms with E-state index in [9.17, 15) is 10.1 Å². The average molecular weight is 487 g/mol. The van der Waals surface area contributed by atoms with Crippen molar-refractivity contribution in [2.24, 2.45) is 0 Å². The van der Waals surface area contributed by atoms with Crippen LogP contribution >= 0.6 is 11.3 Å². The van der Waals surface area contributed by atoms with Crippen molar-refractivity contribution < 1.29 is 4.92 Å². The number of rotatable bonds is 8. The molecule has 4 aromatic rings. The lowest BCUT2D eigenvalue weighted by atomic mass is 9.90. The summed E-state index contributed by atoms with van der Waals surface area (Å²) in [6, 6.07) is 14.6. The van der Waals surface area contributed by atoms with E-state index < -0.39 is 4.92 Å². The van der Waals surface area contributed by atoms with E-state index in [1.54, 1.807) is 29.8 Å². The quantitative estimate of drug-likeness (QED) is 0.206. The van der Waals surface area contributed by atoms with E-state index in [0.29, 0.717) is 18.3 Å². The van der Waals surface area contributed by atoms with Gasteiger partial charge in [-0.05, 0) is 48.7 Å². The van der Waals surface area contributed by atoms with E-state index in [2.05, 4.69) is 26.0 Å². The molecule has 0 amide bonds. The molecule has 0 unspecified atom stereocenters. The van der Waals surface area contributed by atoms with Gasteiger partial charge in [0, 0.05) is 47.6 Å². The molecule has 0 atom stereocenters. The highest BCUT2D eigenvalue weighted by Gasteiger charge is 2.19. The number of hydrogen-bond donors (Lipinski definition) is 2. The number of thiazole rings is 1. The Morgan fingerprint density at radius 1 is 0.971 bits per heavy atom. The second-order valence-corrected chi connectivity index (χ2v) is 9.53. The van der Waals surface area contributed by atoms with Crippen molar-refractivity contribution in [2.45, 2.75) is 44.6 Å². The van der Waals surface area contributed by atoms with Crippen LogP contribution in [0.2, 0.25) is 0 Å². The van der Waals surface area contributed by atoms with Gasteiger partial charge in [-0.15, -0.1) is 11.3 Å². The fraction of sp³-hybridized carbons (Fsp3) is 0.269. The molecule has 2 N–H and O–H groups in total. The predicted molar refractivity (Wildman–Crippen MR) is 139 cm³/mol. The van der Waals surface area contributed by atoms with Crippen LogP contribution in [0.1, 0.15) is 48.6 Å². The minimum atomic E-state index is -0.432. The Hall–Kier alpha value is -3.85. The van der Waals surface area contributed by atoms with E-state index >= 15 is 0 Å². The van der Waals surface area contributed by atoms with Crippen LogP contribution in [-0.2, 0) is 6.54 Å². The molecular weight excluding hydrogens is 460 g/mol. The molecule has 1 fully saturated rings. The molecule has 5 rings (SSSR count). The maximum atomic E-state index is 11.6. The van der Waals surface area contributed by atoms with Gasteiger partial charge in [-0.1, -0.05) is 31.4 Å². The third kappa shape index (κ3) is 5.63. The molecule has 0 saturated heterocycles. The summed E-state index contributed by atoms with van der Waals surface area (Å²) >= 11 is 1.75. The molecule has 9 heteroatoms. The summed E-state index contributed by atoms with van der Waals surface area (Å²) in [6.07, 6.45) is 9.83. The van der Waals surface area contributed by atoms with Crippen molar-refractivity contribution in [3.63, 3.8) is 0 Å². The van der Waals surface area contributed by atoms with Gasteiger partial charge in [-0.3, -0.25) is 15.1 Å². The Kier molecular flexibility index (Phi) is 6.94. The van der Waals surface area contributed by atoms with Crippen LogP contribution in [0.4, 0.5) is 23.0 Å². The van der Waals surface area contributed by atoms with Crippen molar-refractivity contribution >= 4 is 34.3 Å². The van der Waals surface area contributed by atoms with Crippen molar-refractivity contribution in [3.8, 4) is 11.3 Å². The standard InChI is InChI=1S/C26H26N6O2S/c33-32(34)23-10-11-24(28-16-18-12-14-27-15-13-18)31-25(23)29-21-8-6-19(7-9-21)22-17-35-26(30-22)20-4-2-1-3-5-20/h6-15,17,20H,1-5,16H2,(H2,28,29,31). The number of benzene rings is 1. The first-order valence-electron chi connectivity index (χ1n) is 11.8. The molecule has 0 bridgehead atoms. The van der Waals surface area contributed by atoms with Gasteiger partial charge < -0.3 is 10.6 Å². The molecule has 3 aromatic heterocycles. The summed E-state index contributed by atoms with van der Waals surface area (Å²) in [5.41, 5.74) is 3.69. The summed E-state index contributed by atoms with van der Waals surface area (Å²) in [5.74, 6) is 1.33. The highest BCUT2D eigenvalue weighted by atomic mass is 32.1. The second-order valence-electron chi connectivity index (χ2n) is 8.64. The molecule has 1 aromatic carbocycles. The molecule has 8 nitrogen and oxygen atoms in total. The molecule has 178 valence electrons. The SMILES string of the molecule is O=[N+]([O-])c1ccc(NCc2ccncc2)nc1Nc1ccc(-c2csc(C3CCCCC3)n2)cc1. The number of nitrogens with one attached hydrogen (secondary N) is 2. The highest BCUT2D eigenvalue weighted by molar-refractivity contribution is 7.10. The van der Waals surface area contributed by atoms with E-state index in [0.717, 1.165) is 22.5 Å². The van der Waals surface area contributed by atoms with Crippen LogP contribution in [0.15, 0.2) is 66.3 Å². The fourth-order valence-electron chi connectivity index (χ4n) is 4.30. The van der Waals surface area contributed by atoms with Crippen molar-refractivity contribution in [1.29, 1.82) is 0 Å². The zero-order valence-electron chi connectivity index (χ0n) is 19.2. The lowest BCUT2D eigenvalue weighted by molar-refractivity contribution is -0.384. The molecular formula is C26H26N6O2S. The molecule has 35 heavy (non-hydrogen) atoms. The molecule has 1 aliphatic rings. The zero-order valence-corrected chi connectivity index (χ0v) is 20.0. The van der Waals surface area contributed by atoms with Gasteiger partial charge in [0.25, 0.3) is 0 Å². The number of aromatic nitrogens is 3. The summed E-state index contributed by atoms with van der Waals surface area (Å²) in [6.45, 7) is 0.540. The monoisotopic (exact) mass is 486 g/mol. The second kappa shape index (κ2) is 10.6.